The second-order valence-electron chi connectivity index (χ2n) is 7.00. The number of carbonyl (C=O) groups is 1. The minimum absolute atomic E-state index is 0.190. The van der Waals surface area contributed by atoms with Crippen LogP contribution in [0.1, 0.15) is 52.7 Å². The molecule has 1 aliphatic rings. The van der Waals surface area contributed by atoms with Crippen LogP contribution in [0.2, 0.25) is 0 Å². The van der Waals surface area contributed by atoms with Gasteiger partial charge in [0.2, 0.25) is 0 Å². The molecule has 1 heterocycles. The average Bonchev–Trinajstić information content (AvgIpc) is 2.78. The Morgan fingerprint density at radius 3 is 2.48 bits per heavy atom. The third-order valence-electron chi connectivity index (χ3n) is 4.40. The fourth-order valence-electron chi connectivity index (χ4n) is 2.80. The summed E-state index contributed by atoms with van der Waals surface area (Å²) in [6, 6.07) is 9.16. The average molecular weight is 321 g/mol. The molecule has 2 rings (SSSR count). The first-order chi connectivity index (χ1) is 10.7. The molecule has 5 heteroatoms. The molecule has 128 valence electrons. The maximum absolute atomic E-state index is 12.7. The monoisotopic (exact) mass is 321 g/mol. The maximum Gasteiger partial charge on any atom is 0.413 e. The Labute approximate surface area is 138 Å². The lowest BCUT2D eigenvalue weighted by atomic mass is 10.0. The first kappa shape index (κ1) is 17.8. The molecule has 1 aliphatic heterocycles. The van der Waals surface area contributed by atoms with Gasteiger partial charge in [-0.3, -0.25) is 4.90 Å². The predicted octanol–water partition coefficient (Wildman–Crippen LogP) is 3.48. The summed E-state index contributed by atoms with van der Waals surface area (Å²) < 4.78 is 11.7. The molecule has 1 amide bonds. The van der Waals surface area contributed by atoms with E-state index in [9.17, 15) is 9.90 Å². The first-order valence-electron chi connectivity index (χ1n) is 8.08. The van der Waals surface area contributed by atoms with Crippen LogP contribution in [0.3, 0.4) is 0 Å². The quantitative estimate of drug-likeness (QED) is 0.922. The summed E-state index contributed by atoms with van der Waals surface area (Å²) in [5.74, 6) is 0. The molecular weight excluding hydrogens is 294 g/mol. The smallest absolute Gasteiger partial charge is 0.413 e. The lowest BCUT2D eigenvalue weighted by molar-refractivity contribution is -0.0821. The number of benzene rings is 1. The molecule has 2 atom stereocenters. The van der Waals surface area contributed by atoms with E-state index in [4.69, 9.17) is 9.47 Å². The van der Waals surface area contributed by atoms with Crippen LogP contribution in [0.4, 0.5) is 4.79 Å². The van der Waals surface area contributed by atoms with Gasteiger partial charge in [-0.25, -0.2) is 4.79 Å². The van der Waals surface area contributed by atoms with Crippen molar-refractivity contribution in [1.29, 1.82) is 0 Å². The van der Waals surface area contributed by atoms with Gasteiger partial charge in [-0.15, -0.1) is 0 Å². The zero-order valence-corrected chi connectivity index (χ0v) is 14.6. The number of carbonyl (C=O) groups excluding carboxylic acids is 1. The van der Waals surface area contributed by atoms with Crippen molar-refractivity contribution in [2.45, 2.75) is 64.5 Å². The molecule has 1 fully saturated rings. The van der Waals surface area contributed by atoms with Gasteiger partial charge in [0.1, 0.15) is 17.4 Å². The number of amides is 1. The van der Waals surface area contributed by atoms with Gasteiger partial charge in [-0.1, -0.05) is 37.3 Å². The molecule has 1 aromatic rings. The molecule has 1 aromatic carbocycles. The van der Waals surface area contributed by atoms with Crippen LogP contribution in [0.15, 0.2) is 30.3 Å². The van der Waals surface area contributed by atoms with Crippen LogP contribution in [-0.2, 0) is 9.47 Å². The van der Waals surface area contributed by atoms with E-state index in [1.807, 2.05) is 65.0 Å². The topological polar surface area (TPSA) is 59.0 Å². The lowest BCUT2D eigenvalue weighted by Crippen LogP contribution is -2.51. The van der Waals surface area contributed by atoms with E-state index in [2.05, 4.69) is 0 Å². The number of aliphatic hydroxyl groups excluding tert-OH is 1. The van der Waals surface area contributed by atoms with Crippen molar-refractivity contribution in [3.8, 4) is 0 Å². The zero-order valence-electron chi connectivity index (χ0n) is 14.6. The highest BCUT2D eigenvalue weighted by molar-refractivity contribution is 5.70. The summed E-state index contributed by atoms with van der Waals surface area (Å²) in [5.41, 5.74) is -0.475. The fourth-order valence-corrected chi connectivity index (χ4v) is 2.80. The molecule has 5 nitrogen and oxygen atoms in total. The number of ether oxygens (including phenoxy) is 2. The van der Waals surface area contributed by atoms with Crippen LogP contribution in [0.5, 0.6) is 0 Å². The lowest BCUT2D eigenvalue weighted by Gasteiger charge is -2.35. The van der Waals surface area contributed by atoms with Gasteiger partial charge >= 0.3 is 6.09 Å². The minimum Gasteiger partial charge on any atom is -0.443 e. The molecule has 0 aliphatic carbocycles. The van der Waals surface area contributed by atoms with Crippen molar-refractivity contribution >= 4 is 6.09 Å². The standard InChI is InChI=1S/C18H27NO4/c1-6-17(2,3)23-16(21)19-14(12-20)15(22-18(19,4)5)13-10-8-7-9-11-13/h7-11,14-15,20H,6,12H2,1-5H3/t14-,15-/m1/s1. The van der Waals surface area contributed by atoms with Crippen molar-refractivity contribution in [2.24, 2.45) is 0 Å². The molecule has 0 bridgehead atoms. The third-order valence-corrected chi connectivity index (χ3v) is 4.40. The highest BCUT2D eigenvalue weighted by atomic mass is 16.6. The molecule has 0 saturated carbocycles. The summed E-state index contributed by atoms with van der Waals surface area (Å²) in [4.78, 5) is 14.2. The summed E-state index contributed by atoms with van der Waals surface area (Å²) >= 11 is 0. The number of aliphatic hydroxyl groups is 1. The summed E-state index contributed by atoms with van der Waals surface area (Å²) in [5, 5.41) is 9.88. The van der Waals surface area contributed by atoms with Gasteiger partial charge in [0, 0.05) is 0 Å². The zero-order chi connectivity index (χ0) is 17.3. The minimum atomic E-state index is -0.852. The Balaban J connectivity index is 2.29. The van der Waals surface area contributed by atoms with Crippen LogP contribution in [0, 0.1) is 0 Å². The van der Waals surface area contributed by atoms with Gasteiger partial charge in [-0.05, 0) is 39.7 Å². The maximum atomic E-state index is 12.7. The molecule has 1 N–H and O–H groups in total. The Hall–Kier alpha value is -1.59. The van der Waals surface area contributed by atoms with Crippen molar-refractivity contribution < 1.29 is 19.4 Å². The van der Waals surface area contributed by atoms with Crippen molar-refractivity contribution in [3.63, 3.8) is 0 Å². The number of hydrogen-bond acceptors (Lipinski definition) is 4. The Kier molecular flexibility index (Phi) is 5.01. The number of hydrogen-bond donors (Lipinski definition) is 1. The van der Waals surface area contributed by atoms with Gasteiger partial charge in [0.25, 0.3) is 0 Å². The summed E-state index contributed by atoms with van der Waals surface area (Å²) in [7, 11) is 0. The van der Waals surface area contributed by atoms with E-state index in [-0.39, 0.29) is 12.7 Å². The van der Waals surface area contributed by atoms with Crippen molar-refractivity contribution in [2.75, 3.05) is 6.61 Å². The van der Waals surface area contributed by atoms with Gasteiger partial charge in [0.05, 0.1) is 12.6 Å². The van der Waals surface area contributed by atoms with E-state index >= 15 is 0 Å². The van der Waals surface area contributed by atoms with Crippen molar-refractivity contribution in [3.05, 3.63) is 35.9 Å². The van der Waals surface area contributed by atoms with Crippen LogP contribution in [-0.4, -0.2) is 40.1 Å². The Bertz CT molecular complexity index is 541. The van der Waals surface area contributed by atoms with Gasteiger partial charge in [-0.2, -0.15) is 0 Å². The SMILES string of the molecule is CCC(C)(C)OC(=O)N1[C@H](CO)[C@@H](c2ccccc2)OC1(C)C. The fraction of sp³-hybridized carbons (Fsp3) is 0.611. The number of nitrogens with zero attached hydrogens (tertiary/aromatic N) is 1. The van der Waals surface area contributed by atoms with E-state index in [0.29, 0.717) is 6.42 Å². The highest BCUT2D eigenvalue weighted by Crippen LogP contribution is 2.41. The highest BCUT2D eigenvalue weighted by Gasteiger charge is 2.51. The molecule has 0 unspecified atom stereocenters. The molecule has 0 spiro atoms. The number of rotatable bonds is 4. The first-order valence-corrected chi connectivity index (χ1v) is 8.08. The van der Waals surface area contributed by atoms with Crippen molar-refractivity contribution in [1.82, 2.24) is 4.90 Å². The second-order valence-corrected chi connectivity index (χ2v) is 7.00. The van der Waals surface area contributed by atoms with E-state index in [1.165, 1.54) is 4.90 Å². The van der Waals surface area contributed by atoms with Gasteiger partial charge < -0.3 is 14.6 Å². The van der Waals surface area contributed by atoms with Gasteiger partial charge in [0.15, 0.2) is 0 Å². The predicted molar refractivity (Wildman–Crippen MR) is 87.9 cm³/mol. The van der Waals surface area contributed by atoms with Crippen LogP contribution in [0.25, 0.3) is 0 Å². The molecule has 0 aromatic heterocycles. The molecule has 0 radical (unpaired) electrons. The largest absolute Gasteiger partial charge is 0.443 e. The van der Waals surface area contributed by atoms with E-state index in [0.717, 1.165) is 5.56 Å². The normalized spacial score (nSPS) is 23.8. The van der Waals surface area contributed by atoms with E-state index in [1.54, 1.807) is 0 Å². The summed E-state index contributed by atoms with van der Waals surface area (Å²) in [6.07, 6.45) is -0.132. The second kappa shape index (κ2) is 6.49. The Morgan fingerprint density at radius 1 is 1.35 bits per heavy atom. The summed E-state index contributed by atoms with van der Waals surface area (Å²) in [6.45, 7) is 9.16. The Morgan fingerprint density at radius 2 is 1.96 bits per heavy atom. The van der Waals surface area contributed by atoms with Crippen LogP contribution >= 0.6 is 0 Å². The molecule has 1 saturated heterocycles. The third kappa shape index (κ3) is 3.67. The molecular formula is C18H27NO4. The van der Waals surface area contributed by atoms with Crippen LogP contribution < -0.4 is 0 Å². The van der Waals surface area contributed by atoms with E-state index < -0.39 is 23.5 Å². The molecule has 23 heavy (non-hydrogen) atoms.